The highest BCUT2D eigenvalue weighted by Crippen LogP contribution is 2.25. The lowest BCUT2D eigenvalue weighted by molar-refractivity contribution is -0.140. The van der Waals surface area contributed by atoms with Crippen molar-refractivity contribution >= 4 is 16.0 Å². The van der Waals surface area contributed by atoms with Gasteiger partial charge in [0.1, 0.15) is 17.2 Å². The molecule has 1 aromatic rings. The van der Waals surface area contributed by atoms with Gasteiger partial charge >= 0.3 is 5.97 Å². The molecule has 0 bridgehead atoms. The van der Waals surface area contributed by atoms with E-state index in [-0.39, 0.29) is 23.7 Å². The lowest BCUT2D eigenvalue weighted by Crippen LogP contribution is -2.36. The lowest BCUT2D eigenvalue weighted by Gasteiger charge is -2.20. The van der Waals surface area contributed by atoms with Crippen molar-refractivity contribution in [3.63, 3.8) is 0 Å². The summed E-state index contributed by atoms with van der Waals surface area (Å²) in [6, 6.07) is 6.27. The zero-order chi connectivity index (χ0) is 14.5. The van der Waals surface area contributed by atoms with Crippen molar-refractivity contribution in [1.82, 2.24) is 4.31 Å². The maximum absolute atomic E-state index is 12.4. The summed E-state index contributed by atoms with van der Waals surface area (Å²) in [6.45, 7) is 1.48. The Morgan fingerprint density at radius 2 is 1.89 bits per heavy atom. The van der Waals surface area contributed by atoms with Gasteiger partial charge in [-0.2, -0.15) is 4.31 Å². The highest BCUT2D eigenvalue weighted by atomic mass is 32.2. The number of esters is 1. The molecule has 0 aliphatic carbocycles. The number of benzene rings is 1. The Labute approximate surface area is 113 Å². The summed E-state index contributed by atoms with van der Waals surface area (Å²) in [5.41, 5.74) is 0. The minimum atomic E-state index is -3.79. The van der Waals surface area contributed by atoms with E-state index in [0.717, 1.165) is 4.31 Å². The van der Waals surface area contributed by atoms with Crippen LogP contribution in [0.5, 0.6) is 5.75 Å². The van der Waals surface area contributed by atoms with E-state index in [1.54, 1.807) is 25.1 Å². The van der Waals surface area contributed by atoms with E-state index in [1.165, 1.54) is 20.3 Å². The van der Waals surface area contributed by atoms with E-state index in [2.05, 4.69) is 4.74 Å². The highest BCUT2D eigenvalue weighted by Gasteiger charge is 2.28. The fraction of sp³-hybridized carbons (Fsp3) is 0.417. The Morgan fingerprint density at radius 3 is 2.42 bits per heavy atom. The molecule has 1 rings (SSSR count). The Hall–Kier alpha value is -1.60. The number of sulfonamides is 1. The van der Waals surface area contributed by atoms with Gasteiger partial charge in [-0.3, -0.25) is 4.79 Å². The number of carbonyl (C=O) groups excluding carboxylic acids is 1. The van der Waals surface area contributed by atoms with Crippen LogP contribution in [0.1, 0.15) is 6.92 Å². The third-order valence-electron chi connectivity index (χ3n) is 2.57. The molecule has 0 heterocycles. The summed E-state index contributed by atoms with van der Waals surface area (Å²) in [5.74, 6) is -0.369. The molecule has 0 unspecified atom stereocenters. The molecule has 0 saturated heterocycles. The molecule has 0 N–H and O–H groups in total. The Morgan fingerprint density at radius 1 is 1.26 bits per heavy atom. The van der Waals surface area contributed by atoms with Gasteiger partial charge in [-0.25, -0.2) is 8.42 Å². The number of hydrogen-bond donors (Lipinski definition) is 0. The fourth-order valence-corrected chi connectivity index (χ4v) is 3.10. The minimum Gasteiger partial charge on any atom is -0.495 e. The van der Waals surface area contributed by atoms with Crippen LogP contribution in [0.15, 0.2) is 29.2 Å². The van der Waals surface area contributed by atoms with Crippen LogP contribution in [0.25, 0.3) is 0 Å². The summed E-state index contributed by atoms with van der Waals surface area (Å²) in [7, 11) is -1.18. The quantitative estimate of drug-likeness (QED) is 0.726. The maximum Gasteiger partial charge on any atom is 0.321 e. The van der Waals surface area contributed by atoms with Gasteiger partial charge < -0.3 is 9.47 Å². The highest BCUT2D eigenvalue weighted by molar-refractivity contribution is 7.89. The predicted octanol–water partition coefficient (Wildman–Crippen LogP) is 0.879. The van der Waals surface area contributed by atoms with Crippen molar-refractivity contribution in [2.24, 2.45) is 0 Å². The minimum absolute atomic E-state index is 0.0308. The number of likely N-dealkylation sites (N-methyl/N-ethyl adjacent to an activating group) is 1. The Balaban J connectivity index is 3.17. The molecule has 6 nitrogen and oxygen atoms in total. The Kier molecular flexibility index (Phi) is 5.31. The molecular weight excluding hydrogens is 270 g/mol. The van der Waals surface area contributed by atoms with Crippen molar-refractivity contribution in [2.45, 2.75) is 11.8 Å². The van der Waals surface area contributed by atoms with Crippen LogP contribution < -0.4 is 4.74 Å². The molecule has 0 amide bonds. The van der Waals surface area contributed by atoms with Gasteiger partial charge in [0.25, 0.3) is 0 Å². The lowest BCUT2D eigenvalue weighted by atomic mass is 10.3. The molecule has 0 spiro atoms. The maximum atomic E-state index is 12.4. The summed E-state index contributed by atoms with van der Waals surface area (Å²) >= 11 is 0. The third kappa shape index (κ3) is 3.45. The molecule has 0 aliphatic heterocycles. The molecular formula is C12H17NO5S. The molecule has 0 saturated carbocycles. The van der Waals surface area contributed by atoms with Gasteiger partial charge in [-0.15, -0.1) is 0 Å². The molecule has 1 aromatic carbocycles. The number of para-hydroxylation sites is 1. The van der Waals surface area contributed by atoms with Crippen LogP contribution in [0, 0.1) is 0 Å². The Bertz CT molecular complexity index is 541. The molecule has 0 aliphatic rings. The van der Waals surface area contributed by atoms with Crippen LogP contribution in [0.3, 0.4) is 0 Å². The second-order valence-electron chi connectivity index (χ2n) is 3.66. The third-order valence-corrected chi connectivity index (χ3v) is 4.53. The predicted molar refractivity (Wildman–Crippen MR) is 69.4 cm³/mol. The van der Waals surface area contributed by atoms with Gasteiger partial charge in [0.15, 0.2) is 0 Å². The van der Waals surface area contributed by atoms with Crippen LogP contribution in [0.2, 0.25) is 0 Å². The van der Waals surface area contributed by atoms with Crippen molar-refractivity contribution in [3.8, 4) is 5.75 Å². The molecule has 19 heavy (non-hydrogen) atoms. The van der Waals surface area contributed by atoms with E-state index in [9.17, 15) is 13.2 Å². The summed E-state index contributed by atoms with van der Waals surface area (Å²) in [5, 5.41) is 0. The number of methoxy groups -OCH3 is 2. The first-order chi connectivity index (χ1) is 8.97. The first kappa shape index (κ1) is 15.5. The van der Waals surface area contributed by atoms with E-state index >= 15 is 0 Å². The molecule has 7 heteroatoms. The van der Waals surface area contributed by atoms with Crippen LogP contribution in [0.4, 0.5) is 0 Å². The molecule has 0 radical (unpaired) electrons. The van der Waals surface area contributed by atoms with Gasteiger partial charge in [0.05, 0.1) is 14.2 Å². The first-order valence-electron chi connectivity index (χ1n) is 5.67. The second kappa shape index (κ2) is 6.53. The van der Waals surface area contributed by atoms with E-state index < -0.39 is 16.0 Å². The van der Waals surface area contributed by atoms with Gasteiger partial charge in [0.2, 0.25) is 10.0 Å². The summed E-state index contributed by atoms with van der Waals surface area (Å²) in [6.07, 6.45) is 0. The van der Waals surface area contributed by atoms with Crippen molar-refractivity contribution in [1.29, 1.82) is 0 Å². The topological polar surface area (TPSA) is 72.9 Å². The van der Waals surface area contributed by atoms with Crippen molar-refractivity contribution in [3.05, 3.63) is 24.3 Å². The average Bonchev–Trinajstić information content (AvgIpc) is 2.43. The first-order valence-corrected chi connectivity index (χ1v) is 7.11. The van der Waals surface area contributed by atoms with Crippen LogP contribution in [-0.4, -0.2) is 46.0 Å². The number of nitrogens with zero attached hydrogens (tertiary/aromatic N) is 1. The normalized spacial score (nSPS) is 11.4. The monoisotopic (exact) mass is 287 g/mol. The number of ether oxygens (including phenoxy) is 2. The van der Waals surface area contributed by atoms with Crippen molar-refractivity contribution in [2.75, 3.05) is 27.3 Å². The number of hydrogen-bond acceptors (Lipinski definition) is 5. The standard InChI is InChI=1S/C12H17NO5S/c1-4-13(9-12(14)18-3)19(15,16)11-8-6-5-7-10(11)17-2/h5-8H,4,9H2,1-3H3. The second-order valence-corrected chi connectivity index (χ2v) is 5.56. The van der Waals surface area contributed by atoms with E-state index in [0.29, 0.717) is 0 Å². The van der Waals surface area contributed by atoms with Crippen LogP contribution in [-0.2, 0) is 19.6 Å². The zero-order valence-electron chi connectivity index (χ0n) is 11.1. The van der Waals surface area contributed by atoms with Gasteiger partial charge in [0, 0.05) is 6.54 Å². The number of rotatable bonds is 6. The molecule has 0 aromatic heterocycles. The van der Waals surface area contributed by atoms with Crippen LogP contribution >= 0.6 is 0 Å². The smallest absolute Gasteiger partial charge is 0.321 e. The zero-order valence-corrected chi connectivity index (χ0v) is 11.9. The van der Waals surface area contributed by atoms with Gasteiger partial charge in [-0.1, -0.05) is 19.1 Å². The van der Waals surface area contributed by atoms with Crippen molar-refractivity contribution < 1.29 is 22.7 Å². The summed E-state index contributed by atoms with van der Waals surface area (Å²) in [4.78, 5) is 11.3. The van der Waals surface area contributed by atoms with E-state index in [4.69, 9.17) is 4.74 Å². The molecule has 106 valence electrons. The molecule has 0 atom stereocenters. The van der Waals surface area contributed by atoms with E-state index in [1.807, 2.05) is 0 Å². The average molecular weight is 287 g/mol. The number of carbonyl (C=O) groups is 1. The largest absolute Gasteiger partial charge is 0.495 e. The summed E-state index contributed by atoms with van der Waals surface area (Å²) < 4.78 is 35.4. The fourth-order valence-electron chi connectivity index (χ4n) is 1.55. The van der Waals surface area contributed by atoms with Gasteiger partial charge in [-0.05, 0) is 12.1 Å². The SMILES string of the molecule is CCN(CC(=O)OC)S(=O)(=O)c1ccccc1OC. The molecule has 0 fully saturated rings.